The van der Waals surface area contributed by atoms with Crippen molar-refractivity contribution >= 4 is 22.7 Å². The maximum absolute atomic E-state index is 14.6. The molecule has 3 atom stereocenters. The number of nitrogens with zero attached hydrogens (tertiary/aromatic N) is 2. The van der Waals surface area contributed by atoms with Gasteiger partial charge in [-0.15, -0.1) is 0 Å². The molecule has 1 aliphatic carbocycles. The van der Waals surface area contributed by atoms with Crippen molar-refractivity contribution in [3.8, 4) is 22.8 Å². The van der Waals surface area contributed by atoms with E-state index in [4.69, 9.17) is 10.5 Å². The van der Waals surface area contributed by atoms with Gasteiger partial charge in [-0.3, -0.25) is 14.6 Å². The maximum atomic E-state index is 14.6. The number of rotatable bonds is 8. The Bertz CT molecular complexity index is 1820. The normalized spacial score (nSPS) is 20.0. The van der Waals surface area contributed by atoms with Gasteiger partial charge in [-0.25, -0.2) is 9.37 Å². The van der Waals surface area contributed by atoms with Crippen molar-refractivity contribution in [1.29, 1.82) is 0 Å². The van der Waals surface area contributed by atoms with Crippen LogP contribution in [0.2, 0.25) is 0 Å². The summed E-state index contributed by atoms with van der Waals surface area (Å²) >= 11 is 0. The summed E-state index contributed by atoms with van der Waals surface area (Å²) in [5.74, 6) is -3.20. The maximum Gasteiger partial charge on any atom is 0.424 e. The molecule has 0 radical (unpaired) electrons. The Balaban J connectivity index is 1.41. The Morgan fingerprint density at radius 1 is 1.16 bits per heavy atom. The van der Waals surface area contributed by atoms with E-state index in [9.17, 15) is 41.0 Å². The SMILES string of the molecule is NC(=O)[C@@]12CC1Oc1c2cc(C(O)(CNC(=O)c2cc(OC(F)F)c3ncccc3c2)C(F)(F)F)nc1-c1ccc(F)cc1. The molecule has 6 rings (SSSR count). The van der Waals surface area contributed by atoms with Crippen molar-refractivity contribution in [2.24, 2.45) is 5.73 Å². The van der Waals surface area contributed by atoms with Gasteiger partial charge in [-0.2, -0.15) is 22.0 Å². The molecule has 0 spiro atoms. The molecular formula is C29H20F6N4O5. The first-order chi connectivity index (χ1) is 20.7. The van der Waals surface area contributed by atoms with Crippen molar-refractivity contribution < 1.29 is 50.5 Å². The minimum absolute atomic E-state index is 0.0178. The number of carbonyl (C=O) groups is 2. The van der Waals surface area contributed by atoms with Crippen LogP contribution in [-0.4, -0.2) is 52.3 Å². The smallest absolute Gasteiger partial charge is 0.424 e. The van der Waals surface area contributed by atoms with Gasteiger partial charge in [0.1, 0.15) is 28.5 Å². The molecule has 4 aromatic rings. The number of alkyl halides is 5. The highest BCUT2D eigenvalue weighted by atomic mass is 19.4. The van der Waals surface area contributed by atoms with Crippen LogP contribution in [0.1, 0.15) is 28.0 Å². The van der Waals surface area contributed by atoms with Crippen LogP contribution in [-0.2, 0) is 15.8 Å². The van der Waals surface area contributed by atoms with Crippen molar-refractivity contribution in [2.75, 3.05) is 6.54 Å². The molecule has 0 bridgehead atoms. The number of amides is 2. The Morgan fingerprint density at radius 2 is 1.89 bits per heavy atom. The van der Waals surface area contributed by atoms with E-state index >= 15 is 0 Å². The minimum Gasteiger partial charge on any atom is -0.486 e. The van der Waals surface area contributed by atoms with Crippen molar-refractivity contribution in [3.63, 3.8) is 0 Å². The number of aliphatic hydroxyl groups is 1. The lowest BCUT2D eigenvalue weighted by atomic mass is 9.89. The van der Waals surface area contributed by atoms with Crippen LogP contribution >= 0.6 is 0 Å². The average Bonchev–Trinajstić information content (AvgIpc) is 3.61. The molecule has 9 nitrogen and oxygen atoms in total. The fourth-order valence-corrected chi connectivity index (χ4v) is 5.31. The van der Waals surface area contributed by atoms with E-state index < -0.39 is 65.5 Å². The number of nitrogens with one attached hydrogen (secondary N) is 1. The second kappa shape index (κ2) is 10.1. The molecule has 2 aliphatic rings. The summed E-state index contributed by atoms with van der Waals surface area (Å²) in [6.07, 6.45) is -4.83. The zero-order chi connectivity index (χ0) is 31.6. The predicted molar refractivity (Wildman–Crippen MR) is 140 cm³/mol. The lowest BCUT2D eigenvalue weighted by Crippen LogP contribution is -2.51. The first-order valence-electron chi connectivity index (χ1n) is 12.9. The number of ether oxygens (including phenoxy) is 2. The summed E-state index contributed by atoms with van der Waals surface area (Å²) in [5, 5.41) is 13.4. The van der Waals surface area contributed by atoms with Crippen LogP contribution < -0.4 is 20.5 Å². The summed E-state index contributed by atoms with van der Waals surface area (Å²) in [5.41, 5.74) is -1.20. The van der Waals surface area contributed by atoms with E-state index in [0.29, 0.717) is 0 Å². The summed E-state index contributed by atoms with van der Waals surface area (Å²) in [4.78, 5) is 33.4. The van der Waals surface area contributed by atoms with Crippen molar-refractivity contribution in [1.82, 2.24) is 15.3 Å². The topological polar surface area (TPSA) is 137 Å². The van der Waals surface area contributed by atoms with Gasteiger partial charge in [-0.05, 0) is 48.5 Å². The van der Waals surface area contributed by atoms with Crippen LogP contribution in [0.4, 0.5) is 26.3 Å². The zero-order valence-corrected chi connectivity index (χ0v) is 22.2. The largest absolute Gasteiger partial charge is 0.486 e. The third-order valence-electron chi connectivity index (χ3n) is 7.71. The fraction of sp³-hybridized carbons (Fsp3) is 0.241. The number of primary amides is 1. The second-order valence-electron chi connectivity index (χ2n) is 10.4. The molecule has 2 aromatic heterocycles. The minimum atomic E-state index is -5.44. The molecule has 0 saturated heterocycles. The van der Waals surface area contributed by atoms with E-state index in [-0.39, 0.29) is 45.5 Å². The quantitative estimate of drug-likeness (QED) is 0.253. The lowest BCUT2D eigenvalue weighted by Gasteiger charge is -2.31. The molecule has 1 aliphatic heterocycles. The number of hydrogen-bond donors (Lipinski definition) is 3. The molecule has 2 unspecified atom stereocenters. The molecular weight excluding hydrogens is 598 g/mol. The number of pyridine rings is 2. The average molecular weight is 618 g/mol. The van der Waals surface area contributed by atoms with Crippen LogP contribution in [0.15, 0.2) is 60.8 Å². The van der Waals surface area contributed by atoms with Crippen LogP contribution in [0.5, 0.6) is 11.5 Å². The number of benzene rings is 2. The number of nitrogens with two attached hydrogens (primary N) is 1. The molecule has 1 fully saturated rings. The van der Waals surface area contributed by atoms with Crippen molar-refractivity contribution in [2.45, 2.75) is 36.3 Å². The van der Waals surface area contributed by atoms with Crippen LogP contribution in [0.25, 0.3) is 22.2 Å². The van der Waals surface area contributed by atoms with Gasteiger partial charge < -0.3 is 25.6 Å². The molecule has 4 N–H and O–H groups in total. The summed E-state index contributed by atoms with van der Waals surface area (Å²) < 4.78 is 93.8. The molecule has 1 saturated carbocycles. The summed E-state index contributed by atoms with van der Waals surface area (Å²) in [6, 6.07) is 10.3. The molecule has 228 valence electrons. The number of aromatic nitrogens is 2. The Labute approximate surface area is 243 Å². The monoisotopic (exact) mass is 618 g/mol. The third-order valence-corrected chi connectivity index (χ3v) is 7.71. The number of carbonyl (C=O) groups excluding carboxylic acids is 2. The Morgan fingerprint density at radius 3 is 2.55 bits per heavy atom. The van der Waals surface area contributed by atoms with Gasteiger partial charge in [0, 0.05) is 34.7 Å². The van der Waals surface area contributed by atoms with Gasteiger partial charge in [0.2, 0.25) is 11.5 Å². The van der Waals surface area contributed by atoms with Crippen LogP contribution in [0, 0.1) is 5.82 Å². The molecule has 44 heavy (non-hydrogen) atoms. The van der Waals surface area contributed by atoms with E-state index in [1.807, 2.05) is 5.32 Å². The van der Waals surface area contributed by atoms with E-state index in [2.05, 4.69) is 14.7 Å². The Hall–Kier alpha value is -4.92. The lowest BCUT2D eigenvalue weighted by molar-refractivity contribution is -0.265. The summed E-state index contributed by atoms with van der Waals surface area (Å²) in [6.45, 7) is -4.76. The first kappa shape index (κ1) is 29.2. The second-order valence-corrected chi connectivity index (χ2v) is 10.4. The molecule has 3 heterocycles. The molecule has 2 aromatic carbocycles. The summed E-state index contributed by atoms with van der Waals surface area (Å²) in [7, 11) is 0. The number of halogens is 6. The number of fused-ring (bicyclic) bond motifs is 4. The highest BCUT2D eigenvalue weighted by molar-refractivity contribution is 6.00. The highest BCUT2D eigenvalue weighted by Crippen LogP contribution is 2.61. The van der Waals surface area contributed by atoms with Gasteiger partial charge in [0.25, 0.3) is 5.91 Å². The predicted octanol–water partition coefficient (Wildman–Crippen LogP) is 4.11. The third kappa shape index (κ3) is 4.63. The highest BCUT2D eigenvalue weighted by Gasteiger charge is 2.69. The Kier molecular flexibility index (Phi) is 6.68. The fourth-order valence-electron chi connectivity index (χ4n) is 5.31. The van der Waals surface area contributed by atoms with E-state index in [0.717, 1.165) is 24.3 Å². The van der Waals surface area contributed by atoms with E-state index in [1.54, 1.807) is 0 Å². The van der Waals surface area contributed by atoms with Gasteiger partial charge >= 0.3 is 12.8 Å². The number of hydrogen-bond acceptors (Lipinski definition) is 7. The van der Waals surface area contributed by atoms with Gasteiger partial charge in [0.05, 0.1) is 12.2 Å². The zero-order valence-electron chi connectivity index (χ0n) is 22.2. The standard InChI is InChI=1S/C29H20F6N4O5/c30-16-5-3-13(4-6-16)22-23-17(27(25(36)41)11-20(27)44-23)10-19(39-22)28(42,29(33,34)35)12-38-24(40)15-8-14-2-1-7-37-21(14)18(9-15)43-26(31)32/h1-10,20,26,42H,11-12H2,(H2,36,41)(H,38,40)/t20?,27-,28?/m1/s1. The van der Waals surface area contributed by atoms with E-state index in [1.165, 1.54) is 36.5 Å². The van der Waals surface area contributed by atoms with Gasteiger partial charge in [-0.1, -0.05) is 6.07 Å². The first-order valence-corrected chi connectivity index (χ1v) is 12.9. The van der Waals surface area contributed by atoms with Gasteiger partial charge in [0.15, 0.2) is 11.5 Å². The van der Waals surface area contributed by atoms with Crippen LogP contribution in [0.3, 0.4) is 0 Å². The van der Waals surface area contributed by atoms with Crippen molar-refractivity contribution in [3.05, 3.63) is 83.4 Å². The molecule has 2 amide bonds. The molecule has 15 heteroatoms.